The quantitative estimate of drug-likeness (QED) is 0.846. The molecule has 0 radical (unpaired) electrons. The van der Waals surface area contributed by atoms with Crippen LogP contribution >= 0.6 is 0 Å². The van der Waals surface area contributed by atoms with Crippen LogP contribution in [0.3, 0.4) is 0 Å². The van der Waals surface area contributed by atoms with Gasteiger partial charge in [0.25, 0.3) is 0 Å². The van der Waals surface area contributed by atoms with Crippen molar-refractivity contribution in [1.82, 2.24) is 0 Å². The molecule has 0 spiro atoms. The highest BCUT2D eigenvalue weighted by Crippen LogP contribution is 2.31. The van der Waals surface area contributed by atoms with Gasteiger partial charge < -0.3 is 19.5 Å². The van der Waals surface area contributed by atoms with Crippen molar-refractivity contribution < 1.29 is 19.0 Å². The van der Waals surface area contributed by atoms with Crippen molar-refractivity contribution in [2.45, 2.75) is 38.3 Å². The van der Waals surface area contributed by atoms with Gasteiger partial charge in [0, 0.05) is 31.2 Å². The van der Waals surface area contributed by atoms with Gasteiger partial charge in [-0.15, -0.1) is 0 Å². The number of anilines is 1. The van der Waals surface area contributed by atoms with E-state index in [2.05, 4.69) is 5.32 Å². The summed E-state index contributed by atoms with van der Waals surface area (Å²) in [6.45, 7) is 4.70. The van der Waals surface area contributed by atoms with E-state index in [9.17, 15) is 4.79 Å². The van der Waals surface area contributed by atoms with Gasteiger partial charge in [-0.2, -0.15) is 0 Å². The highest BCUT2D eigenvalue weighted by atomic mass is 16.5. The molecule has 1 fully saturated rings. The minimum atomic E-state index is -0.736. The fourth-order valence-corrected chi connectivity index (χ4v) is 2.68. The zero-order valence-electron chi connectivity index (χ0n) is 12.8. The molecule has 0 amide bonds. The van der Waals surface area contributed by atoms with Gasteiger partial charge >= 0.3 is 5.97 Å². The summed E-state index contributed by atoms with van der Waals surface area (Å²) in [5, 5.41) is 3.35. The first-order chi connectivity index (χ1) is 10.1. The Bertz CT molecular complexity index is 491. The van der Waals surface area contributed by atoms with Gasteiger partial charge in [-0.1, -0.05) is 6.07 Å². The lowest BCUT2D eigenvalue weighted by atomic mass is 9.86. The summed E-state index contributed by atoms with van der Waals surface area (Å²) < 4.78 is 16.1. The lowest BCUT2D eigenvalue weighted by molar-refractivity contribution is -0.153. The molecule has 2 atom stereocenters. The maximum absolute atomic E-state index is 12.5. The van der Waals surface area contributed by atoms with Gasteiger partial charge in [-0.3, -0.25) is 0 Å². The van der Waals surface area contributed by atoms with E-state index in [-0.39, 0.29) is 12.1 Å². The Morgan fingerprint density at radius 2 is 2.33 bits per heavy atom. The van der Waals surface area contributed by atoms with E-state index in [1.54, 1.807) is 7.11 Å². The SMILES string of the molecule is CCOC(=O)C1(Nc2cccc(OC)c2)CCOC(C)C1. The summed E-state index contributed by atoms with van der Waals surface area (Å²) in [5.41, 5.74) is 0.108. The van der Waals surface area contributed by atoms with Gasteiger partial charge in [0.15, 0.2) is 0 Å². The molecular weight excluding hydrogens is 270 g/mol. The molecule has 5 nitrogen and oxygen atoms in total. The van der Waals surface area contributed by atoms with E-state index in [0.29, 0.717) is 26.1 Å². The number of methoxy groups -OCH3 is 1. The van der Waals surface area contributed by atoms with Gasteiger partial charge in [0.2, 0.25) is 0 Å². The lowest BCUT2D eigenvalue weighted by Gasteiger charge is -2.39. The first-order valence-corrected chi connectivity index (χ1v) is 7.30. The largest absolute Gasteiger partial charge is 0.497 e. The Balaban J connectivity index is 2.24. The predicted molar refractivity (Wildman–Crippen MR) is 80.6 cm³/mol. The second kappa shape index (κ2) is 6.80. The molecule has 1 aliphatic heterocycles. The minimum Gasteiger partial charge on any atom is -0.497 e. The molecule has 1 aliphatic rings. The molecule has 1 N–H and O–H groups in total. The van der Waals surface area contributed by atoms with Crippen LogP contribution in [0.5, 0.6) is 5.75 Å². The molecule has 1 heterocycles. The highest BCUT2D eigenvalue weighted by molar-refractivity contribution is 5.85. The highest BCUT2D eigenvalue weighted by Gasteiger charge is 2.43. The number of hydrogen-bond donors (Lipinski definition) is 1. The standard InChI is InChI=1S/C16H23NO4/c1-4-20-15(18)16(8-9-21-12(2)11-16)17-13-6-5-7-14(10-13)19-3/h5-7,10,12,17H,4,8-9,11H2,1-3H3. The predicted octanol–water partition coefficient (Wildman–Crippen LogP) is 2.61. The minimum absolute atomic E-state index is 0.0151. The zero-order chi connectivity index (χ0) is 15.3. The lowest BCUT2D eigenvalue weighted by Crippen LogP contribution is -2.53. The van der Waals surface area contributed by atoms with Crippen molar-refractivity contribution in [3.63, 3.8) is 0 Å². The molecule has 21 heavy (non-hydrogen) atoms. The number of carbonyl (C=O) groups excluding carboxylic acids is 1. The van der Waals surface area contributed by atoms with E-state index in [1.165, 1.54) is 0 Å². The first kappa shape index (κ1) is 15.6. The molecule has 0 bridgehead atoms. The fraction of sp³-hybridized carbons (Fsp3) is 0.562. The number of nitrogens with one attached hydrogen (secondary N) is 1. The van der Waals surface area contributed by atoms with Gasteiger partial charge in [-0.05, 0) is 26.0 Å². The number of ether oxygens (including phenoxy) is 3. The summed E-state index contributed by atoms with van der Waals surface area (Å²) in [6, 6.07) is 7.56. The Hall–Kier alpha value is -1.75. The summed E-state index contributed by atoms with van der Waals surface area (Å²) >= 11 is 0. The van der Waals surface area contributed by atoms with Crippen molar-refractivity contribution in [3.05, 3.63) is 24.3 Å². The summed E-state index contributed by atoms with van der Waals surface area (Å²) in [5.74, 6) is 0.530. The van der Waals surface area contributed by atoms with E-state index in [1.807, 2.05) is 38.1 Å². The molecule has 0 saturated carbocycles. The number of esters is 1. The molecule has 5 heteroatoms. The van der Waals surface area contributed by atoms with Gasteiger partial charge in [0.05, 0.1) is 19.8 Å². The molecular formula is C16H23NO4. The fourth-order valence-electron chi connectivity index (χ4n) is 2.68. The third kappa shape index (κ3) is 3.67. The van der Waals surface area contributed by atoms with E-state index < -0.39 is 5.54 Å². The summed E-state index contributed by atoms with van der Waals surface area (Å²) in [4.78, 5) is 12.5. The normalized spacial score (nSPS) is 25.2. The van der Waals surface area contributed by atoms with E-state index >= 15 is 0 Å². The Kier molecular flexibility index (Phi) is 5.07. The summed E-state index contributed by atoms with van der Waals surface area (Å²) in [6.07, 6.45) is 1.19. The van der Waals surface area contributed by atoms with Crippen LogP contribution in [0.15, 0.2) is 24.3 Å². The first-order valence-electron chi connectivity index (χ1n) is 7.30. The second-order valence-electron chi connectivity index (χ2n) is 5.30. The van der Waals surface area contributed by atoms with Crippen molar-refractivity contribution in [3.8, 4) is 5.75 Å². The molecule has 1 aromatic carbocycles. The van der Waals surface area contributed by atoms with Crippen LogP contribution in [0.4, 0.5) is 5.69 Å². The molecule has 2 rings (SSSR count). The Labute approximate surface area is 125 Å². The molecule has 0 aromatic heterocycles. The monoisotopic (exact) mass is 293 g/mol. The average molecular weight is 293 g/mol. The second-order valence-corrected chi connectivity index (χ2v) is 5.30. The third-order valence-corrected chi connectivity index (χ3v) is 3.69. The average Bonchev–Trinajstić information content (AvgIpc) is 2.47. The maximum atomic E-state index is 12.5. The number of benzene rings is 1. The smallest absolute Gasteiger partial charge is 0.331 e. The van der Waals surface area contributed by atoms with Gasteiger partial charge in [0.1, 0.15) is 11.3 Å². The Morgan fingerprint density at radius 3 is 3.00 bits per heavy atom. The molecule has 2 unspecified atom stereocenters. The third-order valence-electron chi connectivity index (χ3n) is 3.69. The molecule has 1 aromatic rings. The Morgan fingerprint density at radius 1 is 1.52 bits per heavy atom. The summed E-state index contributed by atoms with van der Waals surface area (Å²) in [7, 11) is 1.62. The van der Waals surface area contributed by atoms with Crippen molar-refractivity contribution in [2.75, 3.05) is 25.6 Å². The zero-order valence-corrected chi connectivity index (χ0v) is 12.8. The molecule has 116 valence electrons. The van der Waals surface area contributed by atoms with Crippen molar-refractivity contribution >= 4 is 11.7 Å². The topological polar surface area (TPSA) is 56.8 Å². The van der Waals surface area contributed by atoms with Crippen molar-refractivity contribution in [2.24, 2.45) is 0 Å². The van der Waals surface area contributed by atoms with E-state index in [0.717, 1.165) is 11.4 Å². The van der Waals surface area contributed by atoms with Crippen LogP contribution in [0.25, 0.3) is 0 Å². The number of rotatable bonds is 5. The van der Waals surface area contributed by atoms with Crippen LogP contribution < -0.4 is 10.1 Å². The van der Waals surface area contributed by atoms with Crippen LogP contribution in [0.2, 0.25) is 0 Å². The maximum Gasteiger partial charge on any atom is 0.331 e. The van der Waals surface area contributed by atoms with Crippen LogP contribution in [0.1, 0.15) is 26.7 Å². The van der Waals surface area contributed by atoms with Crippen LogP contribution in [-0.2, 0) is 14.3 Å². The van der Waals surface area contributed by atoms with Gasteiger partial charge in [-0.25, -0.2) is 4.79 Å². The van der Waals surface area contributed by atoms with Crippen molar-refractivity contribution in [1.29, 1.82) is 0 Å². The van der Waals surface area contributed by atoms with Crippen LogP contribution in [0, 0.1) is 0 Å². The van der Waals surface area contributed by atoms with E-state index in [4.69, 9.17) is 14.2 Å². The molecule has 1 saturated heterocycles. The number of carbonyl (C=O) groups is 1. The molecule has 0 aliphatic carbocycles. The van der Waals surface area contributed by atoms with Crippen LogP contribution in [-0.4, -0.2) is 37.9 Å². The number of hydrogen-bond acceptors (Lipinski definition) is 5.